The molecule has 2 rings (SSSR count). The van der Waals surface area contributed by atoms with Crippen LogP contribution in [0.2, 0.25) is 0 Å². The topological polar surface area (TPSA) is 49.8 Å². The number of benzene rings is 1. The fourth-order valence-corrected chi connectivity index (χ4v) is 2.52. The summed E-state index contributed by atoms with van der Waals surface area (Å²) in [6.07, 6.45) is -0.442. The van der Waals surface area contributed by atoms with Gasteiger partial charge >= 0.3 is 6.09 Å². The highest BCUT2D eigenvalue weighted by Gasteiger charge is 2.33. The van der Waals surface area contributed by atoms with Gasteiger partial charge in [0.05, 0.1) is 12.6 Å². The molecule has 1 saturated heterocycles. The zero-order valence-corrected chi connectivity index (χ0v) is 12.7. The van der Waals surface area contributed by atoms with Crippen LogP contribution in [0, 0.1) is 5.82 Å². The lowest BCUT2D eigenvalue weighted by Gasteiger charge is -2.36. The largest absolute Gasteiger partial charge is 0.444 e. The lowest BCUT2D eigenvalue weighted by molar-refractivity contribution is -0.00152. The van der Waals surface area contributed by atoms with Crippen LogP contribution in [-0.4, -0.2) is 40.9 Å². The molecule has 116 valence electrons. The van der Waals surface area contributed by atoms with Gasteiger partial charge in [-0.2, -0.15) is 0 Å². The number of nitrogens with zero attached hydrogens (tertiary/aromatic N) is 1. The summed E-state index contributed by atoms with van der Waals surface area (Å²) in [7, 11) is 0. The number of aliphatic hydroxyl groups excluding tert-OH is 1. The molecule has 0 bridgehead atoms. The van der Waals surface area contributed by atoms with E-state index in [0.29, 0.717) is 13.0 Å². The molecule has 1 heterocycles. The van der Waals surface area contributed by atoms with E-state index in [1.807, 2.05) is 20.8 Å². The van der Waals surface area contributed by atoms with Crippen molar-refractivity contribution < 1.29 is 19.0 Å². The minimum absolute atomic E-state index is 0.0794. The van der Waals surface area contributed by atoms with Gasteiger partial charge in [-0.15, -0.1) is 0 Å². The summed E-state index contributed by atoms with van der Waals surface area (Å²) in [5.41, 5.74) is 0.350. The normalized spacial score (nSPS) is 23.0. The van der Waals surface area contributed by atoms with Crippen LogP contribution in [0.25, 0.3) is 0 Å². The van der Waals surface area contributed by atoms with E-state index in [1.165, 1.54) is 17.0 Å². The van der Waals surface area contributed by atoms with Gasteiger partial charge in [-0.05, 0) is 44.9 Å². The number of carbonyl (C=O) groups is 1. The summed E-state index contributed by atoms with van der Waals surface area (Å²) >= 11 is 0. The molecular weight excluding hydrogens is 273 g/mol. The Morgan fingerprint density at radius 2 is 1.95 bits per heavy atom. The molecule has 2 atom stereocenters. The number of β-amino-alcohol motifs (C(OH)–C–C–N with tert-alkyl or cyclic N) is 1. The van der Waals surface area contributed by atoms with E-state index in [1.54, 1.807) is 12.1 Å². The predicted molar refractivity (Wildman–Crippen MR) is 77.6 cm³/mol. The smallest absolute Gasteiger partial charge is 0.410 e. The van der Waals surface area contributed by atoms with Crippen LogP contribution < -0.4 is 0 Å². The number of halogens is 1. The average Bonchev–Trinajstić information content (AvgIpc) is 2.38. The lowest BCUT2D eigenvalue weighted by atomic mass is 9.87. The van der Waals surface area contributed by atoms with Gasteiger partial charge in [-0.1, -0.05) is 12.1 Å². The minimum Gasteiger partial charge on any atom is -0.444 e. The molecule has 0 spiro atoms. The van der Waals surface area contributed by atoms with Crippen LogP contribution in [0.5, 0.6) is 0 Å². The molecule has 1 aliphatic heterocycles. The molecule has 0 aromatic heterocycles. The maximum atomic E-state index is 12.9. The number of hydrogen-bond acceptors (Lipinski definition) is 3. The average molecular weight is 295 g/mol. The summed E-state index contributed by atoms with van der Waals surface area (Å²) in [6.45, 7) is 6.19. The lowest BCUT2D eigenvalue weighted by Crippen LogP contribution is -2.47. The van der Waals surface area contributed by atoms with Gasteiger partial charge in [0.25, 0.3) is 0 Å². The van der Waals surface area contributed by atoms with E-state index < -0.39 is 17.8 Å². The molecule has 0 saturated carbocycles. The van der Waals surface area contributed by atoms with Crippen molar-refractivity contribution in [2.45, 2.75) is 44.8 Å². The number of aliphatic hydroxyl groups is 1. The molecule has 21 heavy (non-hydrogen) atoms. The van der Waals surface area contributed by atoms with E-state index in [9.17, 15) is 14.3 Å². The summed E-state index contributed by atoms with van der Waals surface area (Å²) in [6, 6.07) is 6.16. The molecule has 1 unspecified atom stereocenters. The number of ether oxygens (including phenoxy) is 1. The maximum Gasteiger partial charge on any atom is 0.410 e. The minimum atomic E-state index is -0.670. The van der Waals surface area contributed by atoms with Gasteiger partial charge in [-0.3, -0.25) is 0 Å². The summed E-state index contributed by atoms with van der Waals surface area (Å²) in [4.78, 5) is 13.5. The Kier molecular flexibility index (Phi) is 4.52. The molecule has 4 nitrogen and oxygen atoms in total. The van der Waals surface area contributed by atoms with Crippen molar-refractivity contribution in [3.8, 4) is 0 Å². The van der Waals surface area contributed by atoms with E-state index in [2.05, 4.69) is 0 Å². The van der Waals surface area contributed by atoms with Crippen LogP contribution in [0.3, 0.4) is 0 Å². The third kappa shape index (κ3) is 4.17. The van der Waals surface area contributed by atoms with Gasteiger partial charge in [0.2, 0.25) is 0 Å². The highest BCUT2D eigenvalue weighted by Crippen LogP contribution is 2.29. The van der Waals surface area contributed by atoms with Crippen molar-refractivity contribution in [2.75, 3.05) is 13.1 Å². The Balaban J connectivity index is 1.99. The Hall–Kier alpha value is -1.62. The molecule has 5 heteroatoms. The van der Waals surface area contributed by atoms with Crippen molar-refractivity contribution in [3.05, 3.63) is 35.6 Å². The second kappa shape index (κ2) is 6.02. The zero-order valence-electron chi connectivity index (χ0n) is 12.7. The molecular formula is C16H22FNO3. The molecule has 0 aliphatic carbocycles. The van der Waals surface area contributed by atoms with Crippen LogP contribution in [-0.2, 0) is 4.74 Å². The van der Waals surface area contributed by atoms with Crippen molar-refractivity contribution in [2.24, 2.45) is 0 Å². The highest BCUT2D eigenvalue weighted by atomic mass is 19.1. The third-order valence-electron chi connectivity index (χ3n) is 3.53. The first kappa shape index (κ1) is 15.8. The summed E-state index contributed by atoms with van der Waals surface area (Å²) < 4.78 is 18.3. The molecule has 1 amide bonds. The molecule has 0 radical (unpaired) electrons. The predicted octanol–water partition coefficient (Wildman–Crippen LogP) is 2.91. The van der Waals surface area contributed by atoms with E-state index in [-0.39, 0.29) is 18.3 Å². The Morgan fingerprint density at radius 3 is 2.48 bits per heavy atom. The highest BCUT2D eigenvalue weighted by molar-refractivity contribution is 5.68. The fraction of sp³-hybridized carbons (Fsp3) is 0.562. The Bertz CT molecular complexity index is 495. The summed E-state index contributed by atoms with van der Waals surface area (Å²) in [5.74, 6) is -0.372. The molecule has 1 aliphatic rings. The van der Waals surface area contributed by atoms with E-state index in [4.69, 9.17) is 4.74 Å². The molecule has 1 aromatic carbocycles. The number of likely N-dealkylation sites (tertiary alicyclic amines) is 1. The molecule has 1 N–H and O–H groups in total. The van der Waals surface area contributed by atoms with Gasteiger partial charge in [0, 0.05) is 12.5 Å². The van der Waals surface area contributed by atoms with Crippen LogP contribution in [0.15, 0.2) is 24.3 Å². The number of piperidine rings is 1. The van der Waals surface area contributed by atoms with Crippen molar-refractivity contribution in [1.82, 2.24) is 4.90 Å². The van der Waals surface area contributed by atoms with Gasteiger partial charge in [0.15, 0.2) is 0 Å². The van der Waals surface area contributed by atoms with E-state index >= 15 is 0 Å². The van der Waals surface area contributed by atoms with Crippen LogP contribution in [0.1, 0.15) is 38.7 Å². The Morgan fingerprint density at radius 1 is 1.33 bits per heavy atom. The number of rotatable bonds is 1. The number of hydrogen-bond donors (Lipinski definition) is 1. The monoisotopic (exact) mass is 295 g/mol. The van der Waals surface area contributed by atoms with Crippen molar-refractivity contribution >= 4 is 6.09 Å². The molecule has 1 aromatic rings. The van der Waals surface area contributed by atoms with Crippen molar-refractivity contribution in [1.29, 1.82) is 0 Å². The SMILES string of the molecule is CC(C)(C)OC(=O)N1CCC(c2ccc(F)cc2)[C@H](O)C1. The molecule has 1 fully saturated rings. The standard InChI is InChI=1S/C16H22FNO3/c1-16(2,3)21-15(20)18-9-8-13(14(19)10-18)11-4-6-12(17)7-5-11/h4-7,13-14,19H,8-10H2,1-3H3/t13?,14-/m1/s1. The first-order valence-corrected chi connectivity index (χ1v) is 7.18. The van der Waals surface area contributed by atoms with Crippen molar-refractivity contribution in [3.63, 3.8) is 0 Å². The first-order chi connectivity index (χ1) is 9.76. The number of carbonyl (C=O) groups excluding carboxylic acids is 1. The third-order valence-corrected chi connectivity index (χ3v) is 3.53. The van der Waals surface area contributed by atoms with Gasteiger partial charge in [-0.25, -0.2) is 9.18 Å². The van der Waals surface area contributed by atoms with E-state index in [0.717, 1.165) is 5.56 Å². The van der Waals surface area contributed by atoms with Crippen LogP contribution >= 0.6 is 0 Å². The Labute approximate surface area is 124 Å². The zero-order chi connectivity index (χ0) is 15.6. The number of amides is 1. The van der Waals surface area contributed by atoms with Gasteiger partial charge < -0.3 is 14.7 Å². The summed E-state index contributed by atoms with van der Waals surface area (Å²) in [5, 5.41) is 10.3. The van der Waals surface area contributed by atoms with Crippen LogP contribution in [0.4, 0.5) is 9.18 Å². The maximum absolute atomic E-state index is 12.9. The quantitative estimate of drug-likeness (QED) is 0.866. The fourth-order valence-electron chi connectivity index (χ4n) is 2.52. The first-order valence-electron chi connectivity index (χ1n) is 7.18. The van der Waals surface area contributed by atoms with Gasteiger partial charge in [0.1, 0.15) is 11.4 Å². The second-order valence-electron chi connectivity index (χ2n) is 6.44. The second-order valence-corrected chi connectivity index (χ2v) is 6.44.